The SMILES string of the molecule is Cn1nc(N2CCC(=O)NC2=O)c2ccc(C3CCN(CCCCCCCC(=O)O)CC3)c(F)c21. The molecule has 0 aliphatic carbocycles. The fraction of sp³-hybridized carbons (Fsp3) is 0.600. The maximum atomic E-state index is 15.7. The number of nitrogens with zero attached hydrogens (tertiary/aromatic N) is 4. The Morgan fingerprint density at radius 3 is 2.54 bits per heavy atom. The van der Waals surface area contributed by atoms with Gasteiger partial charge in [-0.15, -0.1) is 0 Å². The highest BCUT2D eigenvalue weighted by Gasteiger charge is 2.30. The lowest BCUT2D eigenvalue weighted by atomic mass is 9.88. The van der Waals surface area contributed by atoms with Gasteiger partial charge in [-0.3, -0.25) is 24.5 Å². The van der Waals surface area contributed by atoms with Crippen LogP contribution in [-0.2, 0) is 16.6 Å². The number of aliphatic carboxylic acids is 1. The van der Waals surface area contributed by atoms with Gasteiger partial charge in [-0.2, -0.15) is 5.10 Å². The number of rotatable bonds is 10. The van der Waals surface area contributed by atoms with Crippen molar-refractivity contribution in [3.05, 3.63) is 23.5 Å². The molecule has 2 saturated heterocycles. The molecule has 2 aliphatic heterocycles. The molecule has 35 heavy (non-hydrogen) atoms. The van der Waals surface area contributed by atoms with Gasteiger partial charge in [0.25, 0.3) is 0 Å². The lowest BCUT2D eigenvalue weighted by Gasteiger charge is -2.32. The quantitative estimate of drug-likeness (QED) is 0.494. The second kappa shape index (κ2) is 11.2. The van der Waals surface area contributed by atoms with Crippen molar-refractivity contribution in [2.24, 2.45) is 7.05 Å². The molecule has 2 aromatic rings. The number of benzene rings is 1. The maximum Gasteiger partial charge on any atom is 0.329 e. The second-order valence-electron chi connectivity index (χ2n) is 9.59. The predicted molar refractivity (Wildman–Crippen MR) is 130 cm³/mol. The van der Waals surface area contributed by atoms with Gasteiger partial charge < -0.3 is 10.0 Å². The van der Waals surface area contributed by atoms with Gasteiger partial charge in [0.15, 0.2) is 11.6 Å². The number of unbranched alkanes of at least 4 members (excludes halogenated alkanes) is 4. The number of urea groups is 1. The highest BCUT2D eigenvalue weighted by Crippen LogP contribution is 2.36. The van der Waals surface area contributed by atoms with Crippen LogP contribution in [0.5, 0.6) is 0 Å². The lowest BCUT2D eigenvalue weighted by molar-refractivity contribution is -0.137. The first-order valence-corrected chi connectivity index (χ1v) is 12.6. The summed E-state index contributed by atoms with van der Waals surface area (Å²) in [5, 5.41) is 16.0. The molecule has 3 heterocycles. The summed E-state index contributed by atoms with van der Waals surface area (Å²) in [4.78, 5) is 38.1. The number of hydrogen-bond donors (Lipinski definition) is 2. The number of aromatic nitrogens is 2. The summed E-state index contributed by atoms with van der Waals surface area (Å²) in [5.41, 5.74) is 1.08. The van der Waals surface area contributed by atoms with E-state index in [1.54, 1.807) is 7.05 Å². The molecule has 3 amide bonds. The van der Waals surface area contributed by atoms with Crippen LogP contribution in [0.25, 0.3) is 10.9 Å². The molecule has 2 N–H and O–H groups in total. The maximum absolute atomic E-state index is 15.7. The third kappa shape index (κ3) is 5.80. The highest BCUT2D eigenvalue weighted by atomic mass is 19.1. The molecular weight excluding hydrogens is 453 g/mol. The molecule has 2 fully saturated rings. The van der Waals surface area contributed by atoms with Crippen LogP contribution in [0.3, 0.4) is 0 Å². The molecule has 190 valence electrons. The standard InChI is InChI=1S/C25H34FN5O4/c1-29-23-19(24(28-29)31-16-12-20(32)27-25(31)35)9-8-18(22(23)26)17-10-14-30(15-11-17)13-6-4-2-3-5-7-21(33)34/h8-9,17H,2-7,10-16H2,1H3,(H,33,34)(H,27,32,35). The predicted octanol–water partition coefficient (Wildman–Crippen LogP) is 3.76. The Morgan fingerprint density at radius 2 is 1.83 bits per heavy atom. The molecule has 1 aromatic heterocycles. The first kappa shape index (κ1) is 25.1. The van der Waals surface area contributed by atoms with E-state index in [9.17, 15) is 14.4 Å². The number of likely N-dealkylation sites (tertiary alicyclic amines) is 1. The first-order chi connectivity index (χ1) is 16.8. The number of halogens is 1. The topological polar surface area (TPSA) is 108 Å². The minimum atomic E-state index is -0.723. The number of carboxylic acids is 1. The van der Waals surface area contributed by atoms with Crippen molar-refractivity contribution in [1.82, 2.24) is 20.0 Å². The van der Waals surface area contributed by atoms with E-state index < -0.39 is 12.0 Å². The summed E-state index contributed by atoms with van der Waals surface area (Å²) >= 11 is 0. The highest BCUT2D eigenvalue weighted by molar-refractivity contribution is 6.08. The third-order valence-electron chi connectivity index (χ3n) is 7.16. The zero-order valence-corrected chi connectivity index (χ0v) is 20.3. The molecule has 9 nitrogen and oxygen atoms in total. The molecule has 2 aliphatic rings. The molecule has 0 unspecified atom stereocenters. The van der Waals surface area contributed by atoms with Crippen LogP contribution >= 0.6 is 0 Å². The van der Waals surface area contributed by atoms with Crippen molar-refractivity contribution < 1.29 is 23.9 Å². The van der Waals surface area contributed by atoms with Crippen LogP contribution in [0.15, 0.2) is 12.1 Å². The fourth-order valence-corrected chi connectivity index (χ4v) is 5.21. The van der Waals surface area contributed by atoms with Crippen LogP contribution < -0.4 is 10.2 Å². The molecular formula is C25H34FN5O4. The number of anilines is 1. The van der Waals surface area contributed by atoms with Crippen molar-refractivity contribution in [3.8, 4) is 0 Å². The Hall–Kier alpha value is -3.01. The minimum absolute atomic E-state index is 0.140. The normalized spacial score (nSPS) is 17.8. The van der Waals surface area contributed by atoms with Crippen LogP contribution in [0.4, 0.5) is 15.0 Å². The Morgan fingerprint density at radius 1 is 1.11 bits per heavy atom. The van der Waals surface area contributed by atoms with Gasteiger partial charge in [0.1, 0.15) is 5.52 Å². The van der Waals surface area contributed by atoms with E-state index in [4.69, 9.17) is 5.11 Å². The van der Waals surface area contributed by atoms with E-state index in [0.717, 1.165) is 64.6 Å². The Labute approximate surface area is 204 Å². The van der Waals surface area contributed by atoms with Crippen LogP contribution in [0.1, 0.15) is 69.3 Å². The molecule has 0 radical (unpaired) electrons. The molecule has 0 saturated carbocycles. The van der Waals surface area contributed by atoms with Crippen LogP contribution in [0.2, 0.25) is 0 Å². The van der Waals surface area contributed by atoms with Crippen molar-refractivity contribution in [2.45, 2.75) is 63.7 Å². The molecule has 0 spiro atoms. The average Bonchev–Trinajstić information content (AvgIpc) is 3.16. The zero-order valence-electron chi connectivity index (χ0n) is 20.3. The number of fused-ring (bicyclic) bond motifs is 1. The van der Waals surface area contributed by atoms with E-state index in [1.807, 2.05) is 12.1 Å². The van der Waals surface area contributed by atoms with E-state index in [-0.39, 0.29) is 37.0 Å². The van der Waals surface area contributed by atoms with Gasteiger partial charge in [0, 0.05) is 31.8 Å². The van der Waals surface area contributed by atoms with Gasteiger partial charge in [0.05, 0.1) is 0 Å². The van der Waals surface area contributed by atoms with E-state index >= 15 is 4.39 Å². The summed E-state index contributed by atoms with van der Waals surface area (Å²) in [6, 6.07) is 3.14. The van der Waals surface area contributed by atoms with E-state index in [1.165, 1.54) is 9.58 Å². The molecule has 0 bridgehead atoms. The number of hydrogen-bond acceptors (Lipinski definition) is 5. The lowest BCUT2D eigenvalue weighted by Crippen LogP contribution is -2.49. The monoisotopic (exact) mass is 487 g/mol. The van der Waals surface area contributed by atoms with E-state index in [2.05, 4.69) is 15.3 Å². The van der Waals surface area contributed by atoms with Crippen molar-refractivity contribution >= 4 is 34.6 Å². The molecule has 1 aromatic carbocycles. The van der Waals surface area contributed by atoms with Gasteiger partial charge in [-0.05, 0) is 62.9 Å². The zero-order chi connectivity index (χ0) is 24.9. The van der Waals surface area contributed by atoms with Crippen molar-refractivity contribution in [3.63, 3.8) is 0 Å². The molecule has 4 rings (SSSR count). The number of imide groups is 1. The molecule has 0 atom stereocenters. The van der Waals surface area contributed by atoms with Gasteiger partial charge in [0.2, 0.25) is 5.91 Å². The number of piperidine rings is 1. The summed E-state index contributed by atoms with van der Waals surface area (Å²) in [7, 11) is 1.68. The number of aryl methyl sites for hydroxylation is 1. The summed E-state index contributed by atoms with van der Waals surface area (Å²) < 4.78 is 17.2. The number of carbonyl (C=O) groups excluding carboxylic acids is 2. The summed E-state index contributed by atoms with van der Waals surface area (Å²) in [5.74, 6) is -0.810. The summed E-state index contributed by atoms with van der Waals surface area (Å²) in [6.07, 6.45) is 7.22. The van der Waals surface area contributed by atoms with Crippen molar-refractivity contribution in [1.29, 1.82) is 0 Å². The largest absolute Gasteiger partial charge is 0.481 e. The fourth-order valence-electron chi connectivity index (χ4n) is 5.21. The second-order valence-corrected chi connectivity index (χ2v) is 9.59. The van der Waals surface area contributed by atoms with Gasteiger partial charge in [-0.1, -0.05) is 25.3 Å². The van der Waals surface area contributed by atoms with Crippen LogP contribution in [-0.4, -0.2) is 63.9 Å². The summed E-state index contributed by atoms with van der Waals surface area (Å²) in [6.45, 7) is 3.11. The third-order valence-corrected chi connectivity index (χ3v) is 7.16. The van der Waals surface area contributed by atoms with Crippen molar-refractivity contribution in [2.75, 3.05) is 31.1 Å². The number of amides is 3. The number of nitrogens with one attached hydrogen (secondary N) is 1. The Balaban J connectivity index is 1.33. The minimum Gasteiger partial charge on any atom is -0.481 e. The van der Waals surface area contributed by atoms with Gasteiger partial charge in [-0.25, -0.2) is 9.18 Å². The average molecular weight is 488 g/mol. The van der Waals surface area contributed by atoms with Crippen LogP contribution in [0, 0.1) is 5.82 Å². The first-order valence-electron chi connectivity index (χ1n) is 12.6. The Kier molecular flexibility index (Phi) is 8.00. The van der Waals surface area contributed by atoms with E-state index in [0.29, 0.717) is 22.3 Å². The Bertz CT molecular complexity index is 1090. The smallest absolute Gasteiger partial charge is 0.329 e. The number of carboxylic acid groups (broad SMARTS) is 1. The molecule has 10 heteroatoms. The van der Waals surface area contributed by atoms with Gasteiger partial charge >= 0.3 is 12.0 Å². The number of carbonyl (C=O) groups is 3.